The molecule has 0 aromatic rings. The lowest BCUT2D eigenvalue weighted by atomic mass is 10.3. The highest BCUT2D eigenvalue weighted by Gasteiger charge is 2.29. The van der Waals surface area contributed by atoms with Crippen LogP contribution in [-0.2, 0) is 4.79 Å². The van der Waals surface area contributed by atoms with Crippen molar-refractivity contribution in [3.63, 3.8) is 0 Å². The molecule has 3 heteroatoms. The Hall–Kier alpha value is -1.01. The van der Waals surface area contributed by atoms with Gasteiger partial charge in [0.1, 0.15) is 0 Å². The van der Waals surface area contributed by atoms with Crippen LogP contribution in [0.3, 0.4) is 0 Å². The van der Waals surface area contributed by atoms with Crippen molar-refractivity contribution < 1.29 is 4.79 Å². The van der Waals surface area contributed by atoms with E-state index in [4.69, 9.17) is 6.42 Å². The van der Waals surface area contributed by atoms with Crippen molar-refractivity contribution in [3.8, 4) is 12.3 Å². The summed E-state index contributed by atoms with van der Waals surface area (Å²) >= 11 is 0. The molecule has 2 rings (SSSR count). The summed E-state index contributed by atoms with van der Waals surface area (Å²) in [7, 11) is 0. The highest BCUT2D eigenvalue weighted by Crippen LogP contribution is 2.33. The van der Waals surface area contributed by atoms with Crippen molar-refractivity contribution in [3.05, 3.63) is 0 Å². The van der Waals surface area contributed by atoms with E-state index in [0.717, 1.165) is 24.9 Å². The van der Waals surface area contributed by atoms with Gasteiger partial charge in [0, 0.05) is 13.1 Å². The highest BCUT2D eigenvalue weighted by molar-refractivity contribution is 5.78. The first-order valence-electron chi connectivity index (χ1n) is 6.20. The number of rotatable bonds is 7. The summed E-state index contributed by atoms with van der Waals surface area (Å²) in [5.41, 5.74) is 0. The van der Waals surface area contributed by atoms with Crippen LogP contribution >= 0.6 is 0 Å². The van der Waals surface area contributed by atoms with Crippen LogP contribution < -0.4 is 5.32 Å². The van der Waals surface area contributed by atoms with Gasteiger partial charge < -0.3 is 5.32 Å². The van der Waals surface area contributed by atoms with Crippen LogP contribution in [0.2, 0.25) is 0 Å². The number of nitrogens with one attached hydrogen (secondary N) is 1. The normalized spacial score (nSPS) is 19.5. The summed E-state index contributed by atoms with van der Waals surface area (Å²) in [5.74, 6) is 4.19. The molecule has 0 aliphatic heterocycles. The van der Waals surface area contributed by atoms with E-state index in [1.165, 1.54) is 25.7 Å². The molecule has 16 heavy (non-hydrogen) atoms. The third kappa shape index (κ3) is 4.24. The van der Waals surface area contributed by atoms with E-state index < -0.39 is 0 Å². The number of carbonyl (C=O) groups is 1. The van der Waals surface area contributed by atoms with Crippen molar-refractivity contribution in [2.75, 3.05) is 26.2 Å². The second-order valence-electron chi connectivity index (χ2n) is 5.06. The van der Waals surface area contributed by atoms with Crippen LogP contribution in [0, 0.1) is 24.2 Å². The number of amides is 1. The minimum atomic E-state index is 0.0688. The predicted molar refractivity (Wildman–Crippen MR) is 63.7 cm³/mol. The summed E-state index contributed by atoms with van der Waals surface area (Å²) in [4.78, 5) is 13.9. The zero-order valence-corrected chi connectivity index (χ0v) is 9.74. The molecule has 0 heterocycles. The summed E-state index contributed by atoms with van der Waals surface area (Å²) in [6.07, 6.45) is 10.5. The van der Waals surface area contributed by atoms with E-state index in [1.54, 1.807) is 0 Å². The van der Waals surface area contributed by atoms with Gasteiger partial charge in [-0.25, -0.2) is 0 Å². The number of hydrogen-bond acceptors (Lipinski definition) is 2. The molecule has 1 N–H and O–H groups in total. The molecule has 2 aliphatic carbocycles. The second kappa shape index (κ2) is 5.36. The van der Waals surface area contributed by atoms with Crippen LogP contribution in [0.1, 0.15) is 25.7 Å². The van der Waals surface area contributed by atoms with E-state index in [9.17, 15) is 4.79 Å². The topological polar surface area (TPSA) is 32.3 Å². The maximum Gasteiger partial charge on any atom is 0.234 e. The molecule has 0 aromatic carbocycles. The Morgan fingerprint density at radius 2 is 1.81 bits per heavy atom. The molecule has 2 aliphatic rings. The monoisotopic (exact) mass is 220 g/mol. The Labute approximate surface area is 97.6 Å². The zero-order chi connectivity index (χ0) is 11.4. The molecule has 1 amide bonds. The van der Waals surface area contributed by atoms with Crippen LogP contribution in [0.4, 0.5) is 0 Å². The van der Waals surface area contributed by atoms with Gasteiger partial charge in [-0.05, 0) is 37.5 Å². The van der Waals surface area contributed by atoms with Gasteiger partial charge in [0.25, 0.3) is 0 Å². The van der Waals surface area contributed by atoms with Crippen LogP contribution in [-0.4, -0.2) is 37.0 Å². The van der Waals surface area contributed by atoms with Crippen LogP contribution in [0.15, 0.2) is 0 Å². The van der Waals surface area contributed by atoms with Gasteiger partial charge in [-0.15, -0.1) is 6.42 Å². The van der Waals surface area contributed by atoms with Gasteiger partial charge in [-0.3, -0.25) is 9.69 Å². The molecule has 0 saturated heterocycles. The van der Waals surface area contributed by atoms with Crippen LogP contribution in [0.25, 0.3) is 0 Å². The van der Waals surface area contributed by atoms with Gasteiger partial charge >= 0.3 is 0 Å². The fraction of sp³-hybridized carbons (Fsp3) is 0.769. The van der Waals surface area contributed by atoms with Gasteiger partial charge in [0.15, 0.2) is 0 Å². The van der Waals surface area contributed by atoms with E-state index in [-0.39, 0.29) is 5.91 Å². The standard InChI is InChI=1S/C13H20N2O/c1-2-7-14-13(16)10-15(8-11-3-4-11)9-12-5-6-12/h1,11-12H,3-10H2,(H,14,16). The van der Waals surface area contributed by atoms with E-state index in [0.29, 0.717) is 13.1 Å². The number of nitrogens with zero attached hydrogens (tertiary/aromatic N) is 1. The van der Waals surface area contributed by atoms with Gasteiger partial charge in [0.05, 0.1) is 13.1 Å². The summed E-state index contributed by atoms with van der Waals surface area (Å²) in [6, 6.07) is 0. The first kappa shape index (κ1) is 11.5. The first-order valence-corrected chi connectivity index (χ1v) is 6.20. The molecule has 0 aromatic heterocycles. The lowest BCUT2D eigenvalue weighted by Crippen LogP contribution is -2.39. The van der Waals surface area contributed by atoms with E-state index in [1.807, 2.05) is 0 Å². The van der Waals surface area contributed by atoms with E-state index >= 15 is 0 Å². The Bertz CT molecular complexity index is 273. The molecule has 0 unspecified atom stereocenters. The smallest absolute Gasteiger partial charge is 0.234 e. The molecule has 0 spiro atoms. The minimum absolute atomic E-state index is 0.0688. The number of carbonyl (C=O) groups excluding carboxylic acids is 1. The molecule has 2 saturated carbocycles. The quantitative estimate of drug-likeness (QED) is 0.645. The molecule has 88 valence electrons. The Kier molecular flexibility index (Phi) is 3.84. The summed E-state index contributed by atoms with van der Waals surface area (Å²) in [6.45, 7) is 3.06. The van der Waals surface area contributed by atoms with Crippen molar-refractivity contribution in [1.29, 1.82) is 0 Å². The molecular weight excluding hydrogens is 200 g/mol. The van der Waals surface area contributed by atoms with Gasteiger partial charge in [-0.1, -0.05) is 5.92 Å². The third-order valence-electron chi connectivity index (χ3n) is 3.18. The zero-order valence-electron chi connectivity index (χ0n) is 9.74. The summed E-state index contributed by atoms with van der Waals surface area (Å²) < 4.78 is 0. The minimum Gasteiger partial charge on any atom is -0.344 e. The van der Waals surface area contributed by atoms with E-state index in [2.05, 4.69) is 16.1 Å². The number of hydrogen-bond donors (Lipinski definition) is 1. The van der Waals surface area contributed by atoms with Crippen molar-refractivity contribution in [2.45, 2.75) is 25.7 Å². The maximum absolute atomic E-state index is 11.6. The van der Waals surface area contributed by atoms with Crippen molar-refractivity contribution in [2.24, 2.45) is 11.8 Å². The lowest BCUT2D eigenvalue weighted by Gasteiger charge is -2.21. The molecule has 0 radical (unpaired) electrons. The Morgan fingerprint density at radius 1 is 1.25 bits per heavy atom. The molecule has 0 atom stereocenters. The SMILES string of the molecule is C#CCNC(=O)CN(CC1CC1)CC1CC1. The summed E-state index contributed by atoms with van der Waals surface area (Å²) in [5, 5.41) is 2.73. The largest absolute Gasteiger partial charge is 0.344 e. The maximum atomic E-state index is 11.6. The highest BCUT2D eigenvalue weighted by atomic mass is 16.2. The Morgan fingerprint density at radius 3 is 2.25 bits per heavy atom. The van der Waals surface area contributed by atoms with Crippen molar-refractivity contribution in [1.82, 2.24) is 10.2 Å². The average molecular weight is 220 g/mol. The molecule has 2 fully saturated rings. The average Bonchev–Trinajstić information content (AvgIpc) is 3.10. The fourth-order valence-electron chi connectivity index (χ4n) is 1.94. The Balaban J connectivity index is 1.71. The molecular formula is C13H20N2O. The molecule has 3 nitrogen and oxygen atoms in total. The predicted octanol–water partition coefficient (Wildman–Crippen LogP) is 0.858. The second-order valence-corrected chi connectivity index (χ2v) is 5.06. The van der Waals surface area contributed by atoms with Crippen LogP contribution in [0.5, 0.6) is 0 Å². The lowest BCUT2D eigenvalue weighted by molar-refractivity contribution is -0.122. The first-order chi connectivity index (χ1) is 7.78. The van der Waals surface area contributed by atoms with Gasteiger partial charge in [-0.2, -0.15) is 0 Å². The third-order valence-corrected chi connectivity index (χ3v) is 3.18. The van der Waals surface area contributed by atoms with Gasteiger partial charge in [0.2, 0.25) is 5.91 Å². The van der Waals surface area contributed by atoms with Crippen molar-refractivity contribution >= 4 is 5.91 Å². The fourth-order valence-corrected chi connectivity index (χ4v) is 1.94. The number of terminal acetylenes is 1. The molecule has 0 bridgehead atoms.